The predicted octanol–water partition coefficient (Wildman–Crippen LogP) is 3.27. The van der Waals surface area contributed by atoms with Crippen LogP contribution in [0.25, 0.3) is 21.2 Å². The number of fused-ring (bicyclic) bond motifs is 2. The highest BCUT2D eigenvalue weighted by Gasteiger charge is 2.12. The molecule has 33 heavy (non-hydrogen) atoms. The number of aromatic nitrogens is 2. The van der Waals surface area contributed by atoms with Gasteiger partial charge in [0.25, 0.3) is 5.56 Å². The van der Waals surface area contributed by atoms with Crippen LogP contribution in [0.3, 0.4) is 0 Å². The number of nitrogens with one attached hydrogen (secondary N) is 1. The Balaban J connectivity index is 1.43. The van der Waals surface area contributed by atoms with Gasteiger partial charge in [0.1, 0.15) is 17.0 Å². The summed E-state index contributed by atoms with van der Waals surface area (Å²) in [6.07, 6.45) is 0.743. The monoisotopic (exact) mass is 469 g/mol. The Hall–Kier alpha value is -3.99. The van der Waals surface area contributed by atoms with Crippen molar-refractivity contribution in [1.82, 2.24) is 9.55 Å². The van der Waals surface area contributed by atoms with Crippen molar-refractivity contribution in [2.24, 2.45) is 0 Å². The van der Waals surface area contributed by atoms with Crippen molar-refractivity contribution >= 4 is 50.3 Å². The number of ether oxygens (including phenoxy) is 2. The van der Waals surface area contributed by atoms with Crippen LogP contribution in [0.2, 0.25) is 0 Å². The van der Waals surface area contributed by atoms with Gasteiger partial charge in [-0.05, 0) is 30.5 Å². The molecule has 4 rings (SSSR count). The van der Waals surface area contributed by atoms with E-state index in [4.69, 9.17) is 13.9 Å². The van der Waals surface area contributed by atoms with Crippen LogP contribution in [0.5, 0.6) is 0 Å². The molecule has 10 nitrogen and oxygen atoms in total. The summed E-state index contributed by atoms with van der Waals surface area (Å²) in [6, 6.07) is 7.69. The van der Waals surface area contributed by atoms with Crippen LogP contribution in [0.15, 0.2) is 56.0 Å². The van der Waals surface area contributed by atoms with Gasteiger partial charge in [0.2, 0.25) is 0 Å². The molecule has 0 aliphatic carbocycles. The molecule has 4 aromatic rings. The number of benzene rings is 1. The van der Waals surface area contributed by atoms with Crippen molar-refractivity contribution in [1.29, 1.82) is 0 Å². The van der Waals surface area contributed by atoms with E-state index in [2.05, 4.69) is 10.3 Å². The van der Waals surface area contributed by atoms with Crippen LogP contribution >= 0.6 is 11.3 Å². The van der Waals surface area contributed by atoms with Crippen LogP contribution in [0, 0.1) is 0 Å². The second-order valence-electron chi connectivity index (χ2n) is 6.94. The van der Waals surface area contributed by atoms with Crippen molar-refractivity contribution in [2.45, 2.75) is 26.5 Å². The second kappa shape index (κ2) is 9.65. The van der Waals surface area contributed by atoms with Gasteiger partial charge in [0.15, 0.2) is 0 Å². The molecule has 1 aromatic carbocycles. The second-order valence-corrected chi connectivity index (χ2v) is 7.83. The summed E-state index contributed by atoms with van der Waals surface area (Å²) >= 11 is 1.37. The fraction of sp³-hybridized carbons (Fsp3) is 0.227. The smallest absolute Gasteiger partial charge is 0.411 e. The molecular formula is C22H19N3O7S. The molecule has 0 spiro atoms. The van der Waals surface area contributed by atoms with Crippen LogP contribution in [-0.4, -0.2) is 28.2 Å². The Labute approximate surface area is 190 Å². The molecule has 0 bridgehead atoms. The molecule has 0 radical (unpaired) electrons. The summed E-state index contributed by atoms with van der Waals surface area (Å²) in [4.78, 5) is 53.0. The molecule has 1 amide bonds. The highest BCUT2D eigenvalue weighted by molar-refractivity contribution is 7.16. The SMILES string of the molecule is CCOC(=O)Nc1ccc2c(COC(=O)CCn3cnc4sccc4c3=O)cc(=O)oc2c1. The molecule has 3 aromatic heterocycles. The van der Waals surface area contributed by atoms with Crippen LogP contribution in [0.1, 0.15) is 18.9 Å². The lowest BCUT2D eigenvalue weighted by molar-refractivity contribution is -0.145. The first kappa shape index (κ1) is 22.2. The normalized spacial score (nSPS) is 10.9. The Morgan fingerprint density at radius 3 is 2.82 bits per heavy atom. The van der Waals surface area contributed by atoms with Gasteiger partial charge in [-0.15, -0.1) is 11.3 Å². The third-order valence-electron chi connectivity index (χ3n) is 4.75. The van der Waals surface area contributed by atoms with Gasteiger partial charge in [0.05, 0.1) is 24.7 Å². The molecule has 11 heteroatoms. The highest BCUT2D eigenvalue weighted by Crippen LogP contribution is 2.22. The maximum Gasteiger partial charge on any atom is 0.411 e. The van der Waals surface area contributed by atoms with E-state index >= 15 is 0 Å². The lowest BCUT2D eigenvalue weighted by Crippen LogP contribution is -2.22. The molecule has 0 aliphatic heterocycles. The molecule has 0 unspecified atom stereocenters. The number of amides is 1. The number of anilines is 1. The van der Waals surface area contributed by atoms with Crippen LogP contribution < -0.4 is 16.5 Å². The minimum atomic E-state index is -0.628. The Morgan fingerprint density at radius 1 is 1.15 bits per heavy atom. The molecule has 0 saturated carbocycles. The highest BCUT2D eigenvalue weighted by atomic mass is 32.1. The zero-order chi connectivity index (χ0) is 23.4. The number of aryl methyl sites for hydroxylation is 1. The quantitative estimate of drug-likeness (QED) is 0.322. The summed E-state index contributed by atoms with van der Waals surface area (Å²) in [5, 5.41) is 5.38. The van der Waals surface area contributed by atoms with E-state index in [0.717, 1.165) is 0 Å². The van der Waals surface area contributed by atoms with E-state index in [1.54, 1.807) is 30.5 Å². The molecule has 0 aliphatic rings. The zero-order valence-electron chi connectivity index (χ0n) is 17.5. The number of carbonyl (C=O) groups excluding carboxylic acids is 2. The third kappa shape index (κ3) is 5.09. The van der Waals surface area contributed by atoms with Gasteiger partial charge in [0, 0.05) is 35.3 Å². The van der Waals surface area contributed by atoms with Gasteiger partial charge in [-0.25, -0.2) is 14.6 Å². The Morgan fingerprint density at radius 2 is 2.00 bits per heavy atom. The number of carbonyl (C=O) groups is 2. The van der Waals surface area contributed by atoms with Gasteiger partial charge < -0.3 is 13.9 Å². The largest absolute Gasteiger partial charge is 0.461 e. The Kier molecular flexibility index (Phi) is 6.50. The van der Waals surface area contributed by atoms with E-state index in [-0.39, 0.29) is 37.3 Å². The standard InChI is InChI=1S/C22H19N3O7S/c1-2-30-22(29)24-14-3-4-15-13(9-19(27)32-17(15)10-14)11-31-18(26)5-7-25-12-23-20-16(21(25)28)6-8-33-20/h3-4,6,8-10,12H,2,5,7,11H2,1H3,(H,24,29). The van der Waals surface area contributed by atoms with Gasteiger partial charge in [-0.1, -0.05) is 0 Å². The first-order valence-electron chi connectivity index (χ1n) is 10.0. The lowest BCUT2D eigenvalue weighted by atomic mass is 10.1. The average Bonchev–Trinajstić information content (AvgIpc) is 3.26. The summed E-state index contributed by atoms with van der Waals surface area (Å²) in [5.74, 6) is -0.533. The van der Waals surface area contributed by atoms with Gasteiger partial charge in [-0.2, -0.15) is 0 Å². The average molecular weight is 469 g/mol. The van der Waals surface area contributed by atoms with Gasteiger partial charge in [-0.3, -0.25) is 19.5 Å². The minimum absolute atomic E-state index is 0.0375. The van der Waals surface area contributed by atoms with Crippen molar-refractivity contribution in [3.05, 3.63) is 68.4 Å². The molecular weight excluding hydrogens is 450 g/mol. The van der Waals surface area contributed by atoms with Gasteiger partial charge >= 0.3 is 17.7 Å². The van der Waals surface area contributed by atoms with E-state index in [1.165, 1.54) is 34.4 Å². The lowest BCUT2D eigenvalue weighted by Gasteiger charge is -2.10. The fourth-order valence-corrected chi connectivity index (χ4v) is 3.93. The molecule has 1 N–H and O–H groups in total. The third-order valence-corrected chi connectivity index (χ3v) is 5.57. The fourth-order valence-electron chi connectivity index (χ4n) is 3.21. The van der Waals surface area contributed by atoms with Crippen LogP contribution in [-0.2, 0) is 27.4 Å². The maximum absolute atomic E-state index is 12.4. The predicted molar refractivity (Wildman–Crippen MR) is 121 cm³/mol. The van der Waals surface area contributed by atoms with E-state index in [0.29, 0.717) is 26.9 Å². The first-order chi connectivity index (χ1) is 15.9. The molecule has 170 valence electrons. The number of hydrogen-bond acceptors (Lipinski definition) is 9. The van der Waals surface area contributed by atoms with E-state index < -0.39 is 17.7 Å². The maximum atomic E-state index is 12.4. The molecule has 0 atom stereocenters. The summed E-state index contributed by atoms with van der Waals surface area (Å²) in [7, 11) is 0. The summed E-state index contributed by atoms with van der Waals surface area (Å²) in [6.45, 7) is 1.88. The van der Waals surface area contributed by atoms with Crippen molar-refractivity contribution in [2.75, 3.05) is 11.9 Å². The van der Waals surface area contributed by atoms with Crippen molar-refractivity contribution in [3.63, 3.8) is 0 Å². The number of nitrogens with zero attached hydrogens (tertiary/aromatic N) is 2. The summed E-state index contributed by atoms with van der Waals surface area (Å²) in [5.41, 5.74) is 0.233. The van der Waals surface area contributed by atoms with E-state index in [1.807, 2.05) is 0 Å². The Bertz CT molecular complexity index is 1450. The first-order valence-corrected chi connectivity index (χ1v) is 10.9. The topological polar surface area (TPSA) is 130 Å². The zero-order valence-corrected chi connectivity index (χ0v) is 18.3. The van der Waals surface area contributed by atoms with Crippen molar-refractivity contribution < 1.29 is 23.5 Å². The molecule has 0 saturated heterocycles. The number of thiophene rings is 1. The van der Waals surface area contributed by atoms with Crippen LogP contribution in [0.4, 0.5) is 10.5 Å². The number of esters is 1. The molecule has 3 heterocycles. The summed E-state index contributed by atoms with van der Waals surface area (Å²) < 4.78 is 16.7. The number of rotatable bonds is 7. The van der Waals surface area contributed by atoms with Crippen molar-refractivity contribution in [3.8, 4) is 0 Å². The molecule has 0 fully saturated rings. The van der Waals surface area contributed by atoms with E-state index in [9.17, 15) is 19.2 Å². The number of hydrogen-bond donors (Lipinski definition) is 1. The minimum Gasteiger partial charge on any atom is -0.461 e.